The van der Waals surface area contributed by atoms with Crippen LogP contribution in [0, 0.1) is 0 Å². The summed E-state index contributed by atoms with van der Waals surface area (Å²) in [7, 11) is 0. The highest BCUT2D eigenvalue weighted by molar-refractivity contribution is 5.96. The van der Waals surface area contributed by atoms with Gasteiger partial charge in [-0.2, -0.15) is 0 Å². The second-order valence-corrected chi connectivity index (χ2v) is 9.60. The van der Waals surface area contributed by atoms with Crippen molar-refractivity contribution in [3.63, 3.8) is 0 Å². The maximum Gasteiger partial charge on any atom is -0.0143 e. The molecule has 0 heterocycles. The van der Waals surface area contributed by atoms with Crippen LogP contribution < -0.4 is 0 Å². The Balaban J connectivity index is 1.94. The molecule has 0 atom stereocenters. The molecule has 4 rings (SSSR count). The lowest BCUT2D eigenvalue weighted by molar-refractivity contribution is 0.868. The van der Waals surface area contributed by atoms with E-state index in [9.17, 15) is 0 Å². The van der Waals surface area contributed by atoms with Gasteiger partial charge in [-0.25, -0.2) is 0 Å². The SMILES string of the molecule is CCCc1cc2cc(C(C)C)ccc2cc1-c1ccc2cc(C(C)C)ccc2c1CC. The van der Waals surface area contributed by atoms with Crippen molar-refractivity contribution in [2.45, 2.75) is 72.6 Å². The van der Waals surface area contributed by atoms with E-state index in [4.69, 9.17) is 0 Å². The van der Waals surface area contributed by atoms with Gasteiger partial charge in [0.1, 0.15) is 0 Å². The Bertz CT molecular complexity index is 1220. The van der Waals surface area contributed by atoms with Crippen molar-refractivity contribution >= 4 is 21.5 Å². The molecule has 0 aliphatic rings. The van der Waals surface area contributed by atoms with Crippen molar-refractivity contribution < 1.29 is 0 Å². The van der Waals surface area contributed by atoms with Crippen LogP contribution in [0.25, 0.3) is 32.7 Å². The lowest BCUT2D eigenvalue weighted by Gasteiger charge is -2.18. The van der Waals surface area contributed by atoms with E-state index in [1.807, 2.05) is 0 Å². The minimum atomic E-state index is 0.557. The molecule has 0 radical (unpaired) electrons. The quantitative estimate of drug-likeness (QED) is 0.298. The number of hydrogen-bond donors (Lipinski definition) is 0. The first-order valence-corrected chi connectivity index (χ1v) is 12.0. The van der Waals surface area contributed by atoms with Crippen LogP contribution in [0.1, 0.15) is 82.1 Å². The molecule has 0 aliphatic carbocycles. The highest BCUT2D eigenvalue weighted by Gasteiger charge is 2.14. The average molecular weight is 409 g/mol. The van der Waals surface area contributed by atoms with E-state index in [2.05, 4.69) is 102 Å². The van der Waals surface area contributed by atoms with E-state index < -0.39 is 0 Å². The largest absolute Gasteiger partial charge is 0.0651 e. The van der Waals surface area contributed by atoms with Gasteiger partial charge >= 0.3 is 0 Å². The van der Waals surface area contributed by atoms with E-state index in [1.165, 1.54) is 54.9 Å². The third-order valence-electron chi connectivity index (χ3n) is 6.74. The van der Waals surface area contributed by atoms with Gasteiger partial charge in [-0.05, 0) is 85.7 Å². The second kappa shape index (κ2) is 8.87. The van der Waals surface area contributed by atoms with Crippen LogP contribution in [0.5, 0.6) is 0 Å². The van der Waals surface area contributed by atoms with Gasteiger partial charge in [0.25, 0.3) is 0 Å². The normalized spacial score (nSPS) is 11.9. The molecule has 0 nitrogen and oxygen atoms in total. The molecule has 0 aromatic heterocycles. The molecule has 0 saturated carbocycles. The second-order valence-electron chi connectivity index (χ2n) is 9.60. The Morgan fingerprint density at radius 1 is 0.613 bits per heavy atom. The fraction of sp³-hybridized carbons (Fsp3) is 0.355. The summed E-state index contributed by atoms with van der Waals surface area (Å²) in [6.07, 6.45) is 3.32. The number of fused-ring (bicyclic) bond motifs is 2. The third-order valence-corrected chi connectivity index (χ3v) is 6.74. The predicted molar refractivity (Wildman–Crippen MR) is 138 cm³/mol. The highest BCUT2D eigenvalue weighted by Crippen LogP contribution is 2.37. The van der Waals surface area contributed by atoms with Crippen molar-refractivity contribution in [1.82, 2.24) is 0 Å². The molecule has 4 aromatic rings. The molecular weight excluding hydrogens is 372 g/mol. The lowest BCUT2D eigenvalue weighted by atomic mass is 9.86. The fourth-order valence-electron chi connectivity index (χ4n) is 4.85. The summed E-state index contributed by atoms with van der Waals surface area (Å²) in [6.45, 7) is 13.7. The molecule has 0 aliphatic heterocycles. The predicted octanol–water partition coefficient (Wildman–Crippen LogP) is 9.42. The maximum absolute atomic E-state index is 2.45. The van der Waals surface area contributed by atoms with Crippen molar-refractivity contribution in [3.05, 3.63) is 82.9 Å². The van der Waals surface area contributed by atoms with Gasteiger partial charge < -0.3 is 0 Å². The molecule has 0 unspecified atom stereocenters. The Hall–Kier alpha value is -2.60. The van der Waals surface area contributed by atoms with Crippen LogP contribution in [0.2, 0.25) is 0 Å². The van der Waals surface area contributed by atoms with Gasteiger partial charge in [-0.15, -0.1) is 0 Å². The van der Waals surface area contributed by atoms with Crippen LogP contribution in [0.15, 0.2) is 60.7 Å². The van der Waals surface area contributed by atoms with Crippen LogP contribution in [0.4, 0.5) is 0 Å². The van der Waals surface area contributed by atoms with E-state index in [0.29, 0.717) is 11.8 Å². The molecule has 4 aromatic carbocycles. The first-order valence-electron chi connectivity index (χ1n) is 12.0. The van der Waals surface area contributed by atoms with Gasteiger partial charge in [0.15, 0.2) is 0 Å². The molecule has 0 amide bonds. The summed E-state index contributed by atoms with van der Waals surface area (Å²) in [5.41, 5.74) is 8.61. The van der Waals surface area contributed by atoms with Gasteiger partial charge in [0, 0.05) is 0 Å². The van der Waals surface area contributed by atoms with E-state index in [0.717, 1.165) is 19.3 Å². The first-order chi connectivity index (χ1) is 14.9. The van der Waals surface area contributed by atoms with Gasteiger partial charge in [0.2, 0.25) is 0 Å². The number of benzene rings is 4. The van der Waals surface area contributed by atoms with Crippen molar-refractivity contribution in [1.29, 1.82) is 0 Å². The minimum Gasteiger partial charge on any atom is -0.0651 e. The molecule has 0 N–H and O–H groups in total. The summed E-state index contributed by atoms with van der Waals surface area (Å²) in [6, 6.07) is 23.6. The summed E-state index contributed by atoms with van der Waals surface area (Å²) in [5.74, 6) is 1.11. The Kier molecular flexibility index (Phi) is 6.19. The standard InChI is InChI=1S/C31H36/c1-7-9-25-18-27-17-22(20(3)4)10-11-24(27)19-31(25)30-15-13-26-16-23(21(5)6)12-14-29(26)28(30)8-2/h10-21H,7-9H2,1-6H3. The number of aryl methyl sites for hydroxylation is 2. The van der Waals surface area contributed by atoms with Crippen LogP contribution >= 0.6 is 0 Å². The Morgan fingerprint density at radius 2 is 1.26 bits per heavy atom. The highest BCUT2D eigenvalue weighted by atomic mass is 14.2. The molecule has 0 saturated heterocycles. The van der Waals surface area contributed by atoms with Crippen LogP contribution in [-0.4, -0.2) is 0 Å². The summed E-state index contributed by atoms with van der Waals surface area (Å²) >= 11 is 0. The number of hydrogen-bond acceptors (Lipinski definition) is 0. The van der Waals surface area contributed by atoms with Crippen LogP contribution in [-0.2, 0) is 12.8 Å². The smallest absolute Gasteiger partial charge is 0.0143 e. The zero-order valence-corrected chi connectivity index (χ0v) is 20.0. The van der Waals surface area contributed by atoms with Crippen molar-refractivity contribution in [2.75, 3.05) is 0 Å². The first kappa shape index (κ1) is 21.6. The van der Waals surface area contributed by atoms with Crippen molar-refractivity contribution in [2.24, 2.45) is 0 Å². The molecule has 0 spiro atoms. The lowest BCUT2D eigenvalue weighted by Crippen LogP contribution is -1.97. The Labute approximate surface area is 188 Å². The zero-order valence-electron chi connectivity index (χ0n) is 20.0. The third kappa shape index (κ3) is 4.13. The maximum atomic E-state index is 2.45. The monoisotopic (exact) mass is 408 g/mol. The van der Waals surface area contributed by atoms with E-state index in [1.54, 1.807) is 0 Å². The molecule has 0 fully saturated rings. The Morgan fingerprint density at radius 3 is 1.90 bits per heavy atom. The van der Waals surface area contributed by atoms with Gasteiger partial charge in [-0.3, -0.25) is 0 Å². The van der Waals surface area contributed by atoms with Gasteiger partial charge in [-0.1, -0.05) is 103 Å². The average Bonchev–Trinajstić information content (AvgIpc) is 2.77. The molecule has 0 heteroatoms. The number of rotatable bonds is 6. The van der Waals surface area contributed by atoms with Crippen LogP contribution in [0.3, 0.4) is 0 Å². The van der Waals surface area contributed by atoms with Crippen molar-refractivity contribution in [3.8, 4) is 11.1 Å². The zero-order chi connectivity index (χ0) is 22.1. The van der Waals surface area contributed by atoms with E-state index in [-0.39, 0.29) is 0 Å². The molecule has 0 bridgehead atoms. The summed E-state index contributed by atoms with van der Waals surface area (Å²) in [5, 5.41) is 5.49. The molecular formula is C31H36. The minimum absolute atomic E-state index is 0.557. The van der Waals surface area contributed by atoms with E-state index >= 15 is 0 Å². The van der Waals surface area contributed by atoms with Gasteiger partial charge in [0.05, 0.1) is 0 Å². The summed E-state index contributed by atoms with van der Waals surface area (Å²) in [4.78, 5) is 0. The fourth-order valence-corrected chi connectivity index (χ4v) is 4.85. The molecule has 31 heavy (non-hydrogen) atoms. The molecule has 160 valence electrons. The topological polar surface area (TPSA) is 0 Å². The summed E-state index contributed by atoms with van der Waals surface area (Å²) < 4.78 is 0.